The number of aldehydes is 1. The van der Waals surface area contributed by atoms with E-state index >= 15 is 0 Å². The quantitative estimate of drug-likeness (QED) is 0.671. The van der Waals surface area contributed by atoms with Crippen LogP contribution in [0.1, 0.15) is 26.5 Å². The second-order valence-electron chi connectivity index (χ2n) is 6.81. The molecule has 6 heteroatoms. The van der Waals surface area contributed by atoms with Crippen LogP contribution in [0.3, 0.4) is 0 Å². The molecule has 0 saturated carbocycles. The van der Waals surface area contributed by atoms with Gasteiger partial charge in [0.05, 0.1) is 17.8 Å². The van der Waals surface area contributed by atoms with E-state index in [1.165, 1.54) is 0 Å². The van der Waals surface area contributed by atoms with Crippen LogP contribution in [0, 0.1) is 6.92 Å². The van der Waals surface area contributed by atoms with Crippen LogP contribution >= 0.6 is 0 Å². The van der Waals surface area contributed by atoms with Gasteiger partial charge in [-0.3, -0.25) is 14.6 Å². The Balaban J connectivity index is 1.99. The Hall–Kier alpha value is -2.57. The number of carbonyl (C=O) groups excluding carboxylic acids is 2. The Bertz CT molecular complexity index is 902. The van der Waals surface area contributed by atoms with E-state index in [2.05, 4.69) is 10.3 Å². The summed E-state index contributed by atoms with van der Waals surface area (Å²) in [5.74, 6) is -1.55. The summed E-state index contributed by atoms with van der Waals surface area (Å²) in [6.07, 6.45) is -0.657. The van der Waals surface area contributed by atoms with E-state index in [9.17, 15) is 9.59 Å². The molecule has 1 unspecified atom stereocenters. The second-order valence-corrected chi connectivity index (χ2v) is 6.81. The molecule has 3 rings (SSSR count). The van der Waals surface area contributed by atoms with Gasteiger partial charge in [0.1, 0.15) is 0 Å². The minimum atomic E-state index is -0.951. The van der Waals surface area contributed by atoms with Gasteiger partial charge in [-0.25, -0.2) is 0 Å². The summed E-state index contributed by atoms with van der Waals surface area (Å²) in [6.45, 7) is 7.41. The molecule has 26 heavy (non-hydrogen) atoms. The maximum absolute atomic E-state index is 12.1. The zero-order chi connectivity index (χ0) is 18.9. The van der Waals surface area contributed by atoms with Crippen LogP contribution in [0.2, 0.25) is 0 Å². The highest BCUT2D eigenvalue weighted by molar-refractivity contribution is 6.28. The smallest absolute Gasteiger partial charge is 0.228 e. The number of benzene rings is 1. The lowest BCUT2D eigenvalue weighted by molar-refractivity contribution is -0.247. The van der Waals surface area contributed by atoms with Crippen LogP contribution in [-0.4, -0.2) is 35.6 Å². The summed E-state index contributed by atoms with van der Waals surface area (Å²) >= 11 is 0. The molecule has 1 aromatic heterocycles. The second kappa shape index (κ2) is 6.97. The van der Waals surface area contributed by atoms with Crippen LogP contribution in [-0.2, 0) is 19.1 Å². The van der Waals surface area contributed by atoms with Gasteiger partial charge in [-0.05, 0) is 39.8 Å². The third-order valence-corrected chi connectivity index (χ3v) is 4.33. The van der Waals surface area contributed by atoms with Crippen molar-refractivity contribution in [3.8, 4) is 0 Å². The number of para-hydroxylation sites is 1. The third kappa shape index (κ3) is 3.66. The van der Waals surface area contributed by atoms with Crippen LogP contribution in [0.25, 0.3) is 10.9 Å². The van der Waals surface area contributed by atoms with E-state index in [1.807, 2.05) is 44.2 Å². The predicted octanol–water partition coefficient (Wildman–Crippen LogP) is 3.15. The molecule has 136 valence electrons. The monoisotopic (exact) mass is 354 g/mol. The highest BCUT2D eigenvalue weighted by Crippen LogP contribution is 2.30. The number of allylic oxidation sites excluding steroid dienone is 1. The summed E-state index contributed by atoms with van der Waals surface area (Å²) in [7, 11) is 0. The fourth-order valence-corrected chi connectivity index (χ4v) is 2.94. The average Bonchev–Trinajstić information content (AvgIpc) is 2.60. The van der Waals surface area contributed by atoms with Crippen LogP contribution in [0.15, 0.2) is 41.6 Å². The minimum absolute atomic E-state index is 0.202. The van der Waals surface area contributed by atoms with Gasteiger partial charge in [0, 0.05) is 22.4 Å². The Morgan fingerprint density at radius 3 is 2.81 bits per heavy atom. The highest BCUT2D eigenvalue weighted by Gasteiger charge is 2.37. The van der Waals surface area contributed by atoms with E-state index in [0.29, 0.717) is 17.6 Å². The van der Waals surface area contributed by atoms with Crippen molar-refractivity contribution in [3.05, 3.63) is 47.3 Å². The first-order valence-corrected chi connectivity index (χ1v) is 8.44. The third-order valence-electron chi connectivity index (χ3n) is 4.33. The normalized spacial score (nSPS) is 21.3. The fourth-order valence-electron chi connectivity index (χ4n) is 2.94. The summed E-state index contributed by atoms with van der Waals surface area (Å²) < 4.78 is 11.4. The minimum Gasteiger partial charge on any atom is -0.357 e. The molecule has 0 spiro atoms. The number of Topliss-reactive ketones (excluding diaryl/α,β-unsaturated/α-hetero) is 1. The Morgan fingerprint density at radius 1 is 1.31 bits per heavy atom. The molecule has 1 aromatic carbocycles. The zero-order valence-electron chi connectivity index (χ0n) is 15.3. The number of hydrogen-bond donors (Lipinski definition) is 1. The van der Waals surface area contributed by atoms with Crippen molar-refractivity contribution in [3.63, 3.8) is 0 Å². The molecule has 1 aliphatic heterocycles. The lowest BCUT2D eigenvalue weighted by Crippen LogP contribution is -2.46. The molecule has 0 amide bonds. The number of rotatable bonds is 4. The Kier molecular flexibility index (Phi) is 4.89. The van der Waals surface area contributed by atoms with Crippen LogP contribution in [0.4, 0.5) is 5.69 Å². The lowest BCUT2D eigenvalue weighted by Gasteiger charge is -2.37. The molecule has 1 N–H and O–H groups in total. The van der Waals surface area contributed by atoms with E-state index in [0.717, 1.165) is 22.3 Å². The summed E-state index contributed by atoms with van der Waals surface area (Å²) in [5.41, 5.74) is 3.88. The van der Waals surface area contributed by atoms with Gasteiger partial charge < -0.3 is 14.8 Å². The number of anilines is 1. The van der Waals surface area contributed by atoms with E-state index in [1.54, 1.807) is 13.8 Å². The molecule has 2 aromatic rings. The first-order chi connectivity index (χ1) is 12.3. The topological polar surface area (TPSA) is 77.5 Å². The number of pyridine rings is 1. The van der Waals surface area contributed by atoms with E-state index in [-0.39, 0.29) is 6.61 Å². The largest absolute Gasteiger partial charge is 0.357 e. The number of aryl methyl sites for hydroxylation is 1. The van der Waals surface area contributed by atoms with Crippen molar-refractivity contribution in [1.29, 1.82) is 0 Å². The average molecular weight is 354 g/mol. The number of nitrogens with zero attached hydrogens (tertiary/aromatic N) is 1. The predicted molar refractivity (Wildman–Crippen MR) is 98.8 cm³/mol. The Labute approximate surface area is 152 Å². The van der Waals surface area contributed by atoms with E-state index in [4.69, 9.17) is 9.47 Å². The van der Waals surface area contributed by atoms with Gasteiger partial charge in [0.15, 0.2) is 18.2 Å². The molecule has 0 radical (unpaired) electrons. The first-order valence-electron chi connectivity index (χ1n) is 8.44. The van der Waals surface area contributed by atoms with Crippen LogP contribution in [0.5, 0.6) is 0 Å². The van der Waals surface area contributed by atoms with Gasteiger partial charge in [0.25, 0.3) is 0 Å². The molecule has 1 atom stereocenters. The van der Waals surface area contributed by atoms with Crippen molar-refractivity contribution in [2.45, 2.75) is 39.6 Å². The lowest BCUT2D eigenvalue weighted by atomic mass is 10.0. The van der Waals surface area contributed by atoms with Gasteiger partial charge in [-0.2, -0.15) is 0 Å². The standard InChI is InChI=1S/C20H22N2O4/c1-12-8-9-14-6-5-7-16(18(14)21-12)22-13(2)15-11-25-20(3,4)26-19(15)17(24)10-23/h5-10,19,22H,11H2,1-4H3. The Morgan fingerprint density at radius 2 is 2.08 bits per heavy atom. The summed E-state index contributed by atoms with van der Waals surface area (Å²) in [6, 6.07) is 9.82. The number of ether oxygens (including phenoxy) is 2. The highest BCUT2D eigenvalue weighted by atomic mass is 16.7. The van der Waals surface area contributed by atoms with E-state index < -0.39 is 17.7 Å². The van der Waals surface area contributed by atoms with Gasteiger partial charge in [-0.15, -0.1) is 0 Å². The first kappa shape index (κ1) is 18.2. The number of fused-ring (bicyclic) bond motifs is 1. The van der Waals surface area contributed by atoms with Crippen molar-refractivity contribution >= 4 is 28.7 Å². The van der Waals surface area contributed by atoms with Crippen molar-refractivity contribution in [2.75, 3.05) is 11.9 Å². The number of ketones is 1. The molecule has 1 aliphatic rings. The molecular formula is C20H22N2O4. The van der Waals surface area contributed by atoms with Crippen molar-refractivity contribution in [1.82, 2.24) is 4.98 Å². The maximum Gasteiger partial charge on any atom is 0.228 e. The fraction of sp³-hybridized carbons (Fsp3) is 0.350. The molecular weight excluding hydrogens is 332 g/mol. The van der Waals surface area contributed by atoms with Crippen molar-refractivity contribution in [2.24, 2.45) is 0 Å². The molecule has 1 fully saturated rings. The number of aromatic nitrogens is 1. The molecule has 1 saturated heterocycles. The zero-order valence-corrected chi connectivity index (χ0v) is 15.3. The summed E-state index contributed by atoms with van der Waals surface area (Å²) in [5, 5.41) is 4.32. The molecule has 0 aliphatic carbocycles. The number of nitrogens with one attached hydrogen (secondary N) is 1. The molecule has 6 nitrogen and oxygen atoms in total. The number of carbonyl (C=O) groups is 2. The molecule has 0 bridgehead atoms. The maximum atomic E-state index is 12.1. The summed E-state index contributed by atoms with van der Waals surface area (Å²) in [4.78, 5) is 27.7. The van der Waals surface area contributed by atoms with Gasteiger partial charge >= 0.3 is 0 Å². The van der Waals surface area contributed by atoms with Gasteiger partial charge in [0.2, 0.25) is 5.78 Å². The van der Waals surface area contributed by atoms with Gasteiger partial charge in [-0.1, -0.05) is 18.2 Å². The van der Waals surface area contributed by atoms with Crippen LogP contribution < -0.4 is 5.32 Å². The molecule has 2 heterocycles. The van der Waals surface area contributed by atoms with Crippen molar-refractivity contribution < 1.29 is 19.1 Å². The SMILES string of the molecule is CC(Nc1cccc2ccc(C)nc12)=C1COC(C)(C)OC1C(=O)C=O. The number of hydrogen-bond acceptors (Lipinski definition) is 6.